The Morgan fingerprint density at radius 3 is 2.36 bits per heavy atom. The highest BCUT2D eigenvalue weighted by Gasteiger charge is 2.22. The molecule has 0 saturated carbocycles. The van der Waals surface area contributed by atoms with E-state index in [0.717, 1.165) is 31.7 Å². The molecule has 28 heavy (non-hydrogen) atoms. The Kier molecular flexibility index (Phi) is 10.6. The van der Waals surface area contributed by atoms with Crippen LogP contribution in [0.15, 0.2) is 47.1 Å². The maximum Gasteiger partial charge on any atom is 0.234 e. The number of amides is 1. The summed E-state index contributed by atoms with van der Waals surface area (Å²) < 4.78 is 5.24. The zero-order valence-electron chi connectivity index (χ0n) is 16.0. The summed E-state index contributed by atoms with van der Waals surface area (Å²) in [5, 5.41) is 13.1. The SMILES string of the molecule is Cc1ccc(CNC(=O)CN2CCN(CC(O)c3ccco3)CC2)cc1.Cl.Cl. The van der Waals surface area contributed by atoms with E-state index in [1.807, 2.05) is 12.1 Å². The first kappa shape index (κ1) is 24.5. The second kappa shape index (κ2) is 12.1. The lowest BCUT2D eigenvalue weighted by atomic mass is 10.1. The summed E-state index contributed by atoms with van der Waals surface area (Å²) in [7, 11) is 0. The number of benzene rings is 1. The molecule has 2 N–H and O–H groups in total. The molecule has 2 heterocycles. The van der Waals surface area contributed by atoms with Crippen molar-refractivity contribution < 1.29 is 14.3 Å². The Hall–Kier alpha value is -1.57. The van der Waals surface area contributed by atoms with Crippen molar-refractivity contribution in [2.75, 3.05) is 39.3 Å². The first-order chi connectivity index (χ1) is 12.6. The van der Waals surface area contributed by atoms with E-state index < -0.39 is 6.10 Å². The minimum Gasteiger partial charge on any atom is -0.467 e. The van der Waals surface area contributed by atoms with E-state index >= 15 is 0 Å². The van der Waals surface area contributed by atoms with Gasteiger partial charge < -0.3 is 14.8 Å². The molecule has 1 aliphatic heterocycles. The molecule has 1 amide bonds. The fourth-order valence-corrected chi connectivity index (χ4v) is 3.11. The van der Waals surface area contributed by atoms with Crippen LogP contribution in [0.5, 0.6) is 0 Å². The smallest absolute Gasteiger partial charge is 0.234 e. The highest BCUT2D eigenvalue weighted by atomic mass is 35.5. The Morgan fingerprint density at radius 2 is 1.75 bits per heavy atom. The van der Waals surface area contributed by atoms with Crippen LogP contribution >= 0.6 is 24.8 Å². The summed E-state index contributed by atoms with van der Waals surface area (Å²) in [5.41, 5.74) is 2.33. The van der Waals surface area contributed by atoms with Gasteiger partial charge in [0.15, 0.2) is 0 Å². The number of nitrogens with zero attached hydrogens (tertiary/aromatic N) is 2. The molecule has 1 saturated heterocycles. The van der Waals surface area contributed by atoms with Crippen LogP contribution in [-0.4, -0.2) is 60.1 Å². The zero-order valence-corrected chi connectivity index (χ0v) is 17.7. The number of hydrogen-bond donors (Lipinski definition) is 2. The largest absolute Gasteiger partial charge is 0.467 e. The minimum atomic E-state index is -0.602. The van der Waals surface area contributed by atoms with Crippen molar-refractivity contribution in [3.8, 4) is 0 Å². The molecule has 1 fully saturated rings. The maximum atomic E-state index is 12.1. The van der Waals surface area contributed by atoms with Gasteiger partial charge in [-0.05, 0) is 24.6 Å². The lowest BCUT2D eigenvalue weighted by Gasteiger charge is -2.34. The second-order valence-electron chi connectivity index (χ2n) is 6.87. The van der Waals surface area contributed by atoms with Crippen LogP contribution in [0, 0.1) is 6.92 Å². The van der Waals surface area contributed by atoms with Crippen molar-refractivity contribution in [2.45, 2.75) is 19.6 Å². The van der Waals surface area contributed by atoms with Crippen LogP contribution in [0.3, 0.4) is 0 Å². The Balaban J connectivity index is 0.00000196. The number of aliphatic hydroxyl groups excluding tert-OH is 1. The average Bonchev–Trinajstić information content (AvgIpc) is 3.18. The Bertz CT molecular complexity index is 687. The Labute approximate surface area is 178 Å². The number of furan rings is 1. The number of aliphatic hydroxyl groups is 1. The van der Waals surface area contributed by atoms with Gasteiger partial charge in [0.25, 0.3) is 0 Å². The first-order valence-electron chi connectivity index (χ1n) is 9.08. The molecular formula is C20H29Cl2N3O3. The van der Waals surface area contributed by atoms with Gasteiger partial charge in [-0.3, -0.25) is 14.6 Å². The lowest BCUT2D eigenvalue weighted by Crippen LogP contribution is -2.50. The van der Waals surface area contributed by atoms with Gasteiger partial charge >= 0.3 is 0 Å². The molecule has 1 atom stereocenters. The van der Waals surface area contributed by atoms with E-state index in [-0.39, 0.29) is 30.7 Å². The molecule has 8 heteroatoms. The molecule has 0 radical (unpaired) electrons. The molecule has 6 nitrogen and oxygen atoms in total. The molecule has 1 unspecified atom stereocenters. The molecule has 3 rings (SSSR count). The summed E-state index contributed by atoms with van der Waals surface area (Å²) in [4.78, 5) is 16.5. The molecule has 1 aromatic heterocycles. The number of carbonyl (C=O) groups excluding carboxylic acids is 1. The van der Waals surface area contributed by atoms with Gasteiger partial charge in [0, 0.05) is 39.3 Å². The van der Waals surface area contributed by atoms with Crippen LogP contribution in [0.25, 0.3) is 0 Å². The molecule has 0 spiro atoms. The number of carbonyl (C=O) groups is 1. The zero-order chi connectivity index (χ0) is 18.4. The first-order valence-corrected chi connectivity index (χ1v) is 9.08. The predicted molar refractivity (Wildman–Crippen MR) is 114 cm³/mol. The summed E-state index contributed by atoms with van der Waals surface area (Å²) >= 11 is 0. The maximum absolute atomic E-state index is 12.1. The van der Waals surface area contributed by atoms with Crippen molar-refractivity contribution >= 4 is 30.7 Å². The van der Waals surface area contributed by atoms with Crippen LogP contribution in [0.4, 0.5) is 0 Å². The van der Waals surface area contributed by atoms with E-state index in [1.165, 1.54) is 5.56 Å². The van der Waals surface area contributed by atoms with Crippen molar-refractivity contribution in [1.29, 1.82) is 0 Å². The molecule has 0 bridgehead atoms. The van der Waals surface area contributed by atoms with Gasteiger partial charge in [-0.2, -0.15) is 0 Å². The standard InChI is InChI=1S/C20H27N3O3.2ClH/c1-16-4-6-17(7-5-16)13-21-20(25)15-23-10-8-22(9-11-23)14-18(24)19-3-2-12-26-19;;/h2-7,12,18,24H,8-11,13-15H2,1H3,(H,21,25);2*1H. The number of β-amino-alcohol motifs (C(OH)–C–C–N with tert-alkyl or cyclic N) is 1. The van der Waals surface area contributed by atoms with Gasteiger partial charge in [0.05, 0.1) is 12.8 Å². The van der Waals surface area contributed by atoms with Crippen molar-refractivity contribution in [2.24, 2.45) is 0 Å². The van der Waals surface area contributed by atoms with Crippen molar-refractivity contribution in [1.82, 2.24) is 15.1 Å². The number of piperazine rings is 1. The third-order valence-corrected chi connectivity index (χ3v) is 4.75. The third kappa shape index (κ3) is 7.45. The molecule has 156 valence electrons. The quantitative estimate of drug-likeness (QED) is 0.706. The number of nitrogens with one attached hydrogen (secondary N) is 1. The van der Waals surface area contributed by atoms with Crippen LogP contribution in [0.2, 0.25) is 0 Å². The minimum absolute atomic E-state index is 0. The van der Waals surface area contributed by atoms with E-state index in [2.05, 4.69) is 34.2 Å². The topological polar surface area (TPSA) is 69.0 Å². The van der Waals surface area contributed by atoms with E-state index in [4.69, 9.17) is 4.42 Å². The predicted octanol–water partition coefficient (Wildman–Crippen LogP) is 2.40. The molecule has 1 aliphatic rings. The fraction of sp³-hybridized carbons (Fsp3) is 0.450. The average molecular weight is 430 g/mol. The molecular weight excluding hydrogens is 401 g/mol. The van der Waals surface area contributed by atoms with Crippen LogP contribution < -0.4 is 5.32 Å². The lowest BCUT2D eigenvalue weighted by molar-refractivity contribution is -0.122. The second-order valence-corrected chi connectivity index (χ2v) is 6.87. The summed E-state index contributed by atoms with van der Waals surface area (Å²) in [5.74, 6) is 0.651. The third-order valence-electron chi connectivity index (χ3n) is 4.75. The van der Waals surface area contributed by atoms with E-state index in [0.29, 0.717) is 25.4 Å². The molecule has 1 aromatic carbocycles. The number of hydrogen-bond acceptors (Lipinski definition) is 5. The van der Waals surface area contributed by atoms with Crippen molar-refractivity contribution in [3.63, 3.8) is 0 Å². The monoisotopic (exact) mass is 429 g/mol. The van der Waals surface area contributed by atoms with Gasteiger partial charge in [0.1, 0.15) is 11.9 Å². The normalized spacial score (nSPS) is 15.9. The summed E-state index contributed by atoms with van der Waals surface area (Å²) in [6.07, 6.45) is 0.973. The van der Waals surface area contributed by atoms with Gasteiger partial charge in [0.2, 0.25) is 5.91 Å². The van der Waals surface area contributed by atoms with Gasteiger partial charge in [-0.25, -0.2) is 0 Å². The van der Waals surface area contributed by atoms with Gasteiger partial charge in [-0.15, -0.1) is 24.8 Å². The van der Waals surface area contributed by atoms with E-state index in [1.54, 1.807) is 18.4 Å². The summed E-state index contributed by atoms with van der Waals surface area (Å²) in [6, 6.07) is 11.8. The number of aryl methyl sites for hydroxylation is 1. The van der Waals surface area contributed by atoms with Crippen molar-refractivity contribution in [3.05, 3.63) is 59.5 Å². The molecule has 0 aliphatic carbocycles. The highest BCUT2D eigenvalue weighted by molar-refractivity contribution is 5.85. The number of halogens is 2. The fourth-order valence-electron chi connectivity index (χ4n) is 3.11. The summed E-state index contributed by atoms with van der Waals surface area (Å²) in [6.45, 7) is 6.91. The van der Waals surface area contributed by atoms with E-state index in [9.17, 15) is 9.90 Å². The molecule has 2 aromatic rings. The van der Waals surface area contributed by atoms with Gasteiger partial charge in [-0.1, -0.05) is 29.8 Å². The number of rotatable bonds is 7. The van der Waals surface area contributed by atoms with Crippen LogP contribution in [0.1, 0.15) is 23.0 Å². The van der Waals surface area contributed by atoms with Crippen LogP contribution in [-0.2, 0) is 11.3 Å². The Morgan fingerprint density at radius 1 is 1.11 bits per heavy atom. The highest BCUT2D eigenvalue weighted by Crippen LogP contribution is 2.15.